The van der Waals surface area contributed by atoms with Crippen LogP contribution in [0.1, 0.15) is 32.4 Å². The van der Waals surface area contributed by atoms with Crippen LogP contribution >= 0.6 is 0 Å². The molecule has 1 atom stereocenters. The summed E-state index contributed by atoms with van der Waals surface area (Å²) in [5.41, 5.74) is 0.368. The first-order chi connectivity index (χ1) is 15.3. The molecular formula is C23H20F2N2O5. The number of phenols is 1. The van der Waals surface area contributed by atoms with E-state index < -0.39 is 35.3 Å². The van der Waals surface area contributed by atoms with Crippen molar-refractivity contribution in [2.24, 2.45) is 0 Å². The molecule has 0 bridgehead atoms. The maximum Gasteiger partial charge on any atom is 0.255 e. The Labute approximate surface area is 182 Å². The SMILES string of the molecule is COc1ccc(C(O)CNC(=O)c2ccc(NC(=O)c3cc(F)cc(F)c3)cc2O)cc1. The third kappa shape index (κ3) is 5.58. The van der Waals surface area contributed by atoms with Gasteiger partial charge in [0.1, 0.15) is 23.1 Å². The Hall–Kier alpha value is -3.98. The lowest BCUT2D eigenvalue weighted by Crippen LogP contribution is -2.28. The molecule has 4 N–H and O–H groups in total. The molecule has 0 spiro atoms. The van der Waals surface area contributed by atoms with Crippen LogP contribution in [0.3, 0.4) is 0 Å². The minimum atomic E-state index is -0.975. The fourth-order valence-corrected chi connectivity index (χ4v) is 2.92. The molecular weight excluding hydrogens is 422 g/mol. The topological polar surface area (TPSA) is 108 Å². The summed E-state index contributed by atoms with van der Waals surface area (Å²) in [6, 6.07) is 12.8. The van der Waals surface area contributed by atoms with Crippen LogP contribution in [0, 0.1) is 11.6 Å². The zero-order chi connectivity index (χ0) is 23.3. The zero-order valence-corrected chi connectivity index (χ0v) is 16.9. The van der Waals surface area contributed by atoms with Crippen molar-refractivity contribution in [2.45, 2.75) is 6.10 Å². The number of halogens is 2. The number of hydrogen-bond acceptors (Lipinski definition) is 5. The summed E-state index contributed by atoms with van der Waals surface area (Å²) in [5, 5.41) is 25.3. The Kier molecular flexibility index (Phi) is 7.01. The average Bonchev–Trinajstić information content (AvgIpc) is 2.76. The number of rotatable bonds is 7. The number of anilines is 1. The van der Waals surface area contributed by atoms with Crippen molar-refractivity contribution in [1.82, 2.24) is 5.32 Å². The van der Waals surface area contributed by atoms with E-state index in [0.717, 1.165) is 18.2 Å². The highest BCUT2D eigenvalue weighted by Gasteiger charge is 2.16. The second kappa shape index (κ2) is 9.88. The quantitative estimate of drug-likeness (QED) is 0.449. The van der Waals surface area contributed by atoms with Crippen LogP contribution in [-0.4, -0.2) is 35.7 Å². The van der Waals surface area contributed by atoms with Gasteiger partial charge in [-0.1, -0.05) is 12.1 Å². The number of amides is 2. The first kappa shape index (κ1) is 22.7. The number of phenolic OH excluding ortho intramolecular Hbond substituents is 1. The molecule has 0 heterocycles. The number of carbonyl (C=O) groups excluding carboxylic acids is 2. The van der Waals surface area contributed by atoms with Crippen molar-refractivity contribution in [1.29, 1.82) is 0 Å². The zero-order valence-electron chi connectivity index (χ0n) is 16.9. The van der Waals surface area contributed by atoms with Crippen molar-refractivity contribution >= 4 is 17.5 Å². The molecule has 9 heteroatoms. The Bertz CT molecular complexity index is 1120. The van der Waals surface area contributed by atoms with Gasteiger partial charge in [0, 0.05) is 29.9 Å². The number of nitrogens with one attached hydrogen (secondary N) is 2. The fraction of sp³-hybridized carbons (Fsp3) is 0.130. The van der Waals surface area contributed by atoms with E-state index in [0.29, 0.717) is 17.4 Å². The van der Waals surface area contributed by atoms with Gasteiger partial charge in [0.2, 0.25) is 0 Å². The number of aliphatic hydroxyl groups excluding tert-OH is 1. The summed E-state index contributed by atoms with van der Waals surface area (Å²) in [4.78, 5) is 24.5. The summed E-state index contributed by atoms with van der Waals surface area (Å²) in [6.07, 6.45) is -0.975. The Morgan fingerprint density at radius 2 is 1.62 bits per heavy atom. The molecule has 0 saturated heterocycles. The van der Waals surface area contributed by atoms with Gasteiger partial charge < -0.3 is 25.6 Å². The predicted molar refractivity (Wildman–Crippen MR) is 113 cm³/mol. The van der Waals surface area contributed by atoms with Gasteiger partial charge in [0.05, 0.1) is 18.8 Å². The molecule has 166 valence electrons. The van der Waals surface area contributed by atoms with E-state index in [1.165, 1.54) is 19.2 Å². The maximum atomic E-state index is 13.3. The molecule has 0 aliphatic rings. The van der Waals surface area contributed by atoms with Gasteiger partial charge in [-0.2, -0.15) is 0 Å². The van der Waals surface area contributed by atoms with Crippen molar-refractivity contribution in [3.63, 3.8) is 0 Å². The van der Waals surface area contributed by atoms with E-state index >= 15 is 0 Å². The number of aromatic hydroxyl groups is 1. The van der Waals surface area contributed by atoms with E-state index in [9.17, 15) is 28.6 Å². The molecule has 0 aliphatic carbocycles. The van der Waals surface area contributed by atoms with Crippen molar-refractivity contribution in [2.75, 3.05) is 19.0 Å². The summed E-state index contributed by atoms with van der Waals surface area (Å²) in [7, 11) is 1.52. The highest BCUT2D eigenvalue weighted by molar-refractivity contribution is 6.05. The molecule has 32 heavy (non-hydrogen) atoms. The second-order valence-electron chi connectivity index (χ2n) is 6.84. The van der Waals surface area contributed by atoms with E-state index in [1.54, 1.807) is 24.3 Å². The minimum absolute atomic E-state index is 0.0817. The first-order valence-corrected chi connectivity index (χ1v) is 9.47. The summed E-state index contributed by atoms with van der Waals surface area (Å²) >= 11 is 0. The highest BCUT2D eigenvalue weighted by Crippen LogP contribution is 2.23. The maximum absolute atomic E-state index is 13.3. The van der Waals surface area contributed by atoms with E-state index in [2.05, 4.69) is 10.6 Å². The molecule has 3 aromatic carbocycles. The van der Waals surface area contributed by atoms with Gasteiger partial charge in [-0.25, -0.2) is 8.78 Å². The Balaban J connectivity index is 1.62. The van der Waals surface area contributed by atoms with Crippen molar-refractivity contribution in [3.8, 4) is 11.5 Å². The minimum Gasteiger partial charge on any atom is -0.507 e. The fourth-order valence-electron chi connectivity index (χ4n) is 2.92. The van der Waals surface area contributed by atoms with Crippen LogP contribution in [0.2, 0.25) is 0 Å². The monoisotopic (exact) mass is 442 g/mol. The lowest BCUT2D eigenvalue weighted by atomic mass is 10.1. The molecule has 7 nitrogen and oxygen atoms in total. The van der Waals surface area contributed by atoms with Gasteiger partial charge in [-0.05, 0) is 42.0 Å². The molecule has 0 fully saturated rings. The molecule has 0 radical (unpaired) electrons. The van der Waals surface area contributed by atoms with Gasteiger partial charge in [0.25, 0.3) is 11.8 Å². The normalized spacial score (nSPS) is 11.5. The third-order valence-electron chi connectivity index (χ3n) is 4.58. The van der Waals surface area contributed by atoms with Crippen molar-refractivity contribution in [3.05, 3.63) is 89.0 Å². The molecule has 0 saturated carbocycles. The van der Waals surface area contributed by atoms with E-state index in [4.69, 9.17) is 4.74 Å². The average molecular weight is 442 g/mol. The van der Waals surface area contributed by atoms with Crippen LogP contribution in [0.5, 0.6) is 11.5 Å². The van der Waals surface area contributed by atoms with Crippen LogP contribution in [0.4, 0.5) is 14.5 Å². The number of benzene rings is 3. The summed E-state index contributed by atoms with van der Waals surface area (Å²) in [5.74, 6) is -3.03. The van der Waals surface area contributed by atoms with Crippen LogP contribution < -0.4 is 15.4 Å². The van der Waals surface area contributed by atoms with Gasteiger partial charge in [0.15, 0.2) is 0 Å². The first-order valence-electron chi connectivity index (χ1n) is 9.47. The van der Waals surface area contributed by atoms with Crippen molar-refractivity contribution < 1.29 is 33.3 Å². The number of hydrogen-bond donors (Lipinski definition) is 4. The lowest BCUT2D eigenvalue weighted by molar-refractivity contribution is 0.0913. The van der Waals surface area contributed by atoms with Crippen LogP contribution in [0.25, 0.3) is 0 Å². The lowest BCUT2D eigenvalue weighted by Gasteiger charge is -2.14. The highest BCUT2D eigenvalue weighted by atomic mass is 19.1. The van der Waals surface area contributed by atoms with E-state index in [-0.39, 0.29) is 23.4 Å². The molecule has 1 unspecified atom stereocenters. The number of ether oxygens (including phenoxy) is 1. The summed E-state index contributed by atoms with van der Waals surface area (Å²) < 4.78 is 31.6. The van der Waals surface area contributed by atoms with Crippen LogP contribution in [-0.2, 0) is 0 Å². The smallest absolute Gasteiger partial charge is 0.255 e. The standard InChI is InChI=1S/C23H20F2N2O5/c1-32-18-5-2-13(3-6-18)21(29)12-26-23(31)19-7-4-17(11-20(19)28)27-22(30)14-8-15(24)10-16(25)9-14/h2-11,21,28-29H,12H2,1H3,(H,26,31)(H,27,30). The molecule has 0 aliphatic heterocycles. The second-order valence-corrected chi connectivity index (χ2v) is 6.84. The van der Waals surface area contributed by atoms with Gasteiger partial charge in [-0.15, -0.1) is 0 Å². The Morgan fingerprint density at radius 3 is 2.22 bits per heavy atom. The number of methoxy groups -OCH3 is 1. The third-order valence-corrected chi connectivity index (χ3v) is 4.58. The number of carbonyl (C=O) groups is 2. The van der Waals surface area contributed by atoms with Gasteiger partial charge in [-0.3, -0.25) is 9.59 Å². The molecule has 3 aromatic rings. The van der Waals surface area contributed by atoms with E-state index in [1.807, 2.05) is 0 Å². The predicted octanol–water partition coefficient (Wildman–Crippen LogP) is 3.39. The molecule has 0 aromatic heterocycles. The molecule has 3 rings (SSSR count). The Morgan fingerprint density at radius 1 is 0.969 bits per heavy atom. The molecule has 2 amide bonds. The summed E-state index contributed by atoms with van der Waals surface area (Å²) in [6.45, 7) is -0.103. The largest absolute Gasteiger partial charge is 0.507 e. The van der Waals surface area contributed by atoms with Crippen LogP contribution in [0.15, 0.2) is 60.7 Å². The number of aliphatic hydroxyl groups is 1. The van der Waals surface area contributed by atoms with Gasteiger partial charge >= 0.3 is 0 Å².